The Kier molecular flexibility index (Phi) is 31.2. The molecule has 1 heteroatoms. The van der Waals surface area contributed by atoms with Gasteiger partial charge in [0.2, 0.25) is 0 Å². The number of nitrogens with zero attached hydrogens (tertiary/aromatic N) is 1. The van der Waals surface area contributed by atoms with Gasteiger partial charge in [-0.3, -0.25) is 4.99 Å². The Balaban J connectivity index is -0.000000169. The monoisotopic (exact) mass is 183 g/mol. The highest BCUT2D eigenvalue weighted by molar-refractivity contribution is 5.77. The summed E-state index contributed by atoms with van der Waals surface area (Å²) in [5.74, 6) is 0. The van der Waals surface area contributed by atoms with Gasteiger partial charge in [-0.2, -0.15) is 0 Å². The van der Waals surface area contributed by atoms with Crippen LogP contribution in [0.25, 0.3) is 0 Å². The Bertz CT molecular complexity index is 132. The molecule has 0 fully saturated rings. The smallest absolute Gasteiger partial charge is 0.0290 e. The van der Waals surface area contributed by atoms with E-state index in [0.717, 1.165) is 5.57 Å². The Morgan fingerprint density at radius 1 is 1.31 bits per heavy atom. The summed E-state index contributed by atoms with van der Waals surface area (Å²) in [4.78, 5) is 3.88. The van der Waals surface area contributed by atoms with Crippen molar-refractivity contribution in [3.8, 4) is 0 Å². The van der Waals surface area contributed by atoms with Gasteiger partial charge in [0.1, 0.15) is 0 Å². The van der Waals surface area contributed by atoms with Gasteiger partial charge in [-0.25, -0.2) is 0 Å². The van der Waals surface area contributed by atoms with Gasteiger partial charge < -0.3 is 0 Å². The van der Waals surface area contributed by atoms with Crippen LogP contribution in [0.15, 0.2) is 29.4 Å². The maximum atomic E-state index is 3.88. The van der Waals surface area contributed by atoms with E-state index in [4.69, 9.17) is 0 Å². The van der Waals surface area contributed by atoms with Crippen LogP contribution in [0.2, 0.25) is 0 Å². The summed E-state index contributed by atoms with van der Waals surface area (Å²) in [6.07, 6.45) is 6.58. The third-order valence-corrected chi connectivity index (χ3v) is 0.530. The first-order valence-corrected chi connectivity index (χ1v) is 4.98. The third-order valence-electron chi connectivity index (χ3n) is 0.530. The van der Waals surface area contributed by atoms with Gasteiger partial charge in [0.05, 0.1) is 0 Å². The highest BCUT2D eigenvalue weighted by Crippen LogP contribution is 1.79. The number of allylic oxidation sites excluding steroid dienone is 2. The van der Waals surface area contributed by atoms with Crippen LogP contribution >= 0.6 is 0 Å². The third kappa shape index (κ3) is 54.2. The molecule has 0 aliphatic carbocycles. The van der Waals surface area contributed by atoms with Crippen molar-refractivity contribution in [2.75, 3.05) is 0 Å². The quantitative estimate of drug-likeness (QED) is 0.554. The summed E-state index contributed by atoms with van der Waals surface area (Å²) in [6, 6.07) is 0. The van der Waals surface area contributed by atoms with Crippen LogP contribution in [0.1, 0.15) is 48.0 Å². The second kappa shape index (κ2) is 22.5. The van der Waals surface area contributed by atoms with Crippen molar-refractivity contribution in [1.82, 2.24) is 0 Å². The fraction of sp³-hybridized carbons (Fsp3) is 0.583. The maximum Gasteiger partial charge on any atom is 0.0290 e. The molecule has 1 nitrogen and oxygen atoms in total. The molecule has 0 aromatic carbocycles. The molecule has 0 unspecified atom stereocenters. The minimum Gasteiger partial charge on any atom is -0.265 e. The van der Waals surface area contributed by atoms with E-state index in [2.05, 4.69) is 25.4 Å². The minimum atomic E-state index is 0.975. The van der Waals surface area contributed by atoms with E-state index in [-0.39, 0.29) is 0 Å². The first kappa shape index (κ1) is 18.0. The van der Waals surface area contributed by atoms with E-state index in [1.54, 1.807) is 12.4 Å². The van der Waals surface area contributed by atoms with Crippen LogP contribution in [0.3, 0.4) is 0 Å². The summed E-state index contributed by atoms with van der Waals surface area (Å²) in [6.45, 7) is 15.7. The van der Waals surface area contributed by atoms with Gasteiger partial charge in [0.15, 0.2) is 0 Å². The van der Waals surface area contributed by atoms with Crippen LogP contribution in [-0.2, 0) is 0 Å². The van der Waals surface area contributed by atoms with Gasteiger partial charge in [-0.1, -0.05) is 46.8 Å². The zero-order valence-electron chi connectivity index (χ0n) is 10.1. The van der Waals surface area contributed by atoms with Crippen molar-refractivity contribution in [3.05, 3.63) is 24.4 Å². The summed E-state index contributed by atoms with van der Waals surface area (Å²) in [5.41, 5.74) is 0.975. The van der Waals surface area contributed by atoms with Crippen molar-refractivity contribution in [2.45, 2.75) is 48.0 Å². The highest BCUT2D eigenvalue weighted by Gasteiger charge is 1.67. The lowest BCUT2D eigenvalue weighted by molar-refractivity contribution is 1.09. The largest absolute Gasteiger partial charge is 0.265 e. The Hall–Kier alpha value is -0.850. The van der Waals surface area contributed by atoms with E-state index < -0.39 is 0 Å². The van der Waals surface area contributed by atoms with Crippen LogP contribution in [0.5, 0.6) is 0 Å². The second-order valence-electron chi connectivity index (χ2n) is 2.31. The molecule has 0 amide bonds. The summed E-state index contributed by atoms with van der Waals surface area (Å²) in [5, 5.41) is 0. The first-order valence-electron chi connectivity index (χ1n) is 4.98. The molecule has 0 aliphatic heterocycles. The molecular weight excluding hydrogens is 158 g/mol. The molecule has 0 bridgehead atoms. The number of aliphatic imine (C=N–C) groups is 1. The number of hydrogen-bond acceptors (Lipinski definition) is 1. The van der Waals surface area contributed by atoms with Gasteiger partial charge in [0.25, 0.3) is 0 Å². The average molecular weight is 183 g/mol. The van der Waals surface area contributed by atoms with E-state index >= 15 is 0 Å². The molecule has 0 radical (unpaired) electrons. The topological polar surface area (TPSA) is 12.4 Å². The second-order valence-corrected chi connectivity index (χ2v) is 2.31. The van der Waals surface area contributed by atoms with Crippen LogP contribution < -0.4 is 0 Å². The van der Waals surface area contributed by atoms with Gasteiger partial charge in [-0.05, 0) is 19.4 Å². The standard InChI is InChI=1S/C7H11N.C3H8.C2H6/c1-4-5-8-6-7(2)3;1-3-2;1-2/h4-6H,2H2,1,3H3;3H2,1-2H3;1-2H3/b5-4-,8-6?;;. The van der Waals surface area contributed by atoms with E-state index in [9.17, 15) is 0 Å². The zero-order valence-corrected chi connectivity index (χ0v) is 10.1. The van der Waals surface area contributed by atoms with Crippen LogP contribution in [0, 0.1) is 0 Å². The molecule has 0 aliphatic rings. The lowest BCUT2D eigenvalue weighted by atomic mass is 10.4. The van der Waals surface area contributed by atoms with Crippen molar-refractivity contribution < 1.29 is 0 Å². The molecule has 0 aromatic heterocycles. The summed E-state index contributed by atoms with van der Waals surface area (Å²) >= 11 is 0. The molecule has 0 aromatic rings. The van der Waals surface area contributed by atoms with E-state index in [1.807, 2.05) is 33.8 Å². The highest BCUT2D eigenvalue weighted by atomic mass is 14.7. The fourth-order valence-electron chi connectivity index (χ4n) is 0.256. The number of hydrogen-bond donors (Lipinski definition) is 0. The number of rotatable bonds is 2. The molecule has 0 heterocycles. The fourth-order valence-corrected chi connectivity index (χ4v) is 0.256. The summed E-state index contributed by atoms with van der Waals surface area (Å²) in [7, 11) is 0. The molecule has 0 saturated heterocycles. The Labute approximate surface area is 84.3 Å². The molecule has 0 saturated carbocycles. The molecule has 0 N–H and O–H groups in total. The molecule has 0 spiro atoms. The van der Waals surface area contributed by atoms with E-state index in [1.165, 1.54) is 6.42 Å². The predicted molar refractivity (Wildman–Crippen MR) is 65.4 cm³/mol. The Morgan fingerprint density at radius 2 is 1.69 bits per heavy atom. The van der Waals surface area contributed by atoms with Crippen molar-refractivity contribution in [3.63, 3.8) is 0 Å². The molecule has 78 valence electrons. The van der Waals surface area contributed by atoms with E-state index in [0.29, 0.717) is 0 Å². The average Bonchev–Trinajstić information content (AvgIpc) is 2.09. The Morgan fingerprint density at radius 3 is 1.92 bits per heavy atom. The predicted octanol–water partition coefficient (Wildman–Crippen LogP) is 4.61. The van der Waals surface area contributed by atoms with Gasteiger partial charge >= 0.3 is 0 Å². The first-order chi connectivity index (χ1) is 6.18. The normalized spacial score (nSPS) is 8.77. The zero-order chi connectivity index (χ0) is 11.1. The molecule has 0 rings (SSSR count). The molecule has 13 heavy (non-hydrogen) atoms. The van der Waals surface area contributed by atoms with Crippen molar-refractivity contribution in [1.29, 1.82) is 0 Å². The maximum absolute atomic E-state index is 3.88. The molecule has 0 atom stereocenters. The summed E-state index contributed by atoms with van der Waals surface area (Å²) < 4.78 is 0. The minimum absolute atomic E-state index is 0.975. The van der Waals surface area contributed by atoms with Crippen molar-refractivity contribution >= 4 is 6.21 Å². The van der Waals surface area contributed by atoms with Gasteiger partial charge in [0, 0.05) is 12.4 Å². The van der Waals surface area contributed by atoms with Gasteiger partial charge in [-0.15, -0.1) is 0 Å². The van der Waals surface area contributed by atoms with Crippen molar-refractivity contribution in [2.24, 2.45) is 4.99 Å². The molecular formula is C12H25N. The SMILES string of the molecule is C=C(C)C=N/C=C\C.CC.CCC. The van der Waals surface area contributed by atoms with Crippen LogP contribution in [0.4, 0.5) is 0 Å². The lowest BCUT2D eigenvalue weighted by Gasteiger charge is -1.78. The lowest BCUT2D eigenvalue weighted by Crippen LogP contribution is -1.68. The van der Waals surface area contributed by atoms with Crippen LogP contribution in [-0.4, -0.2) is 6.21 Å².